The maximum atomic E-state index is 11.2. The predicted molar refractivity (Wildman–Crippen MR) is 48.6 cm³/mol. The second-order valence-electron chi connectivity index (χ2n) is 2.95. The first-order valence-corrected chi connectivity index (χ1v) is 4.03. The van der Waals surface area contributed by atoms with Crippen LogP contribution in [0.1, 0.15) is 6.92 Å². The molecule has 0 saturated carbocycles. The van der Waals surface area contributed by atoms with Gasteiger partial charge in [-0.15, -0.1) is 0 Å². The normalized spacial score (nSPS) is 12.1. The van der Waals surface area contributed by atoms with Crippen LogP contribution in [0.2, 0.25) is 0 Å². The number of carbonyl (C=O) groups excluding carboxylic acids is 1. The number of carboxylic acids is 1. The van der Waals surface area contributed by atoms with Crippen molar-refractivity contribution in [3.63, 3.8) is 0 Å². The van der Waals surface area contributed by atoms with Crippen molar-refractivity contribution >= 4 is 17.6 Å². The zero-order valence-corrected chi connectivity index (χ0v) is 7.89. The van der Waals surface area contributed by atoms with Gasteiger partial charge in [-0.1, -0.05) is 0 Å². The molecule has 1 rings (SSSR count). The Morgan fingerprint density at radius 2 is 2.29 bits per heavy atom. The van der Waals surface area contributed by atoms with Crippen molar-refractivity contribution in [1.82, 2.24) is 9.78 Å². The molecule has 14 heavy (non-hydrogen) atoms. The summed E-state index contributed by atoms with van der Waals surface area (Å²) in [5, 5.41) is 14.8. The topological polar surface area (TPSA) is 84.2 Å². The van der Waals surface area contributed by atoms with Crippen LogP contribution in [0, 0.1) is 5.92 Å². The third-order valence-electron chi connectivity index (χ3n) is 1.74. The lowest BCUT2D eigenvalue weighted by molar-refractivity contribution is -0.144. The van der Waals surface area contributed by atoms with E-state index >= 15 is 0 Å². The van der Waals surface area contributed by atoms with Gasteiger partial charge in [0.2, 0.25) is 5.91 Å². The van der Waals surface area contributed by atoms with Gasteiger partial charge < -0.3 is 10.4 Å². The fourth-order valence-electron chi connectivity index (χ4n) is 0.848. The average molecular weight is 197 g/mol. The maximum Gasteiger partial charge on any atom is 0.315 e. The maximum absolute atomic E-state index is 11.2. The van der Waals surface area contributed by atoms with Crippen molar-refractivity contribution in [2.24, 2.45) is 13.0 Å². The first kappa shape index (κ1) is 10.2. The Bertz CT molecular complexity index is 358. The number of aromatic nitrogens is 2. The van der Waals surface area contributed by atoms with Crippen LogP contribution in [0.3, 0.4) is 0 Å². The monoisotopic (exact) mass is 197 g/mol. The van der Waals surface area contributed by atoms with Gasteiger partial charge >= 0.3 is 5.97 Å². The summed E-state index contributed by atoms with van der Waals surface area (Å²) in [6.45, 7) is 1.33. The Balaban J connectivity index is 2.61. The lowest BCUT2D eigenvalue weighted by Gasteiger charge is -2.05. The van der Waals surface area contributed by atoms with Crippen LogP contribution < -0.4 is 5.32 Å². The van der Waals surface area contributed by atoms with E-state index in [2.05, 4.69) is 10.4 Å². The van der Waals surface area contributed by atoms with Gasteiger partial charge in [-0.3, -0.25) is 14.3 Å². The third-order valence-corrected chi connectivity index (χ3v) is 1.74. The highest BCUT2D eigenvalue weighted by molar-refractivity contribution is 6.03. The number of hydrogen-bond donors (Lipinski definition) is 2. The zero-order valence-electron chi connectivity index (χ0n) is 7.89. The molecule has 1 heterocycles. The standard InChI is InChI=1S/C8H11N3O3/c1-5(8(13)14)7(12)10-6-3-9-11(2)4-6/h3-5H,1-2H3,(H,10,12)(H,13,14). The number of aryl methyl sites for hydroxylation is 1. The van der Waals surface area contributed by atoms with E-state index in [-0.39, 0.29) is 0 Å². The number of nitrogens with one attached hydrogen (secondary N) is 1. The molecule has 0 bridgehead atoms. The minimum atomic E-state index is -1.15. The van der Waals surface area contributed by atoms with Gasteiger partial charge in [0, 0.05) is 13.2 Å². The van der Waals surface area contributed by atoms with Crippen molar-refractivity contribution in [3.05, 3.63) is 12.4 Å². The molecule has 0 aliphatic rings. The SMILES string of the molecule is CC(C(=O)O)C(=O)Nc1cnn(C)c1. The molecule has 0 saturated heterocycles. The minimum absolute atomic E-state index is 0.491. The molecule has 1 aromatic heterocycles. The van der Waals surface area contributed by atoms with Crippen LogP contribution >= 0.6 is 0 Å². The van der Waals surface area contributed by atoms with Crippen molar-refractivity contribution in [1.29, 1.82) is 0 Å². The van der Waals surface area contributed by atoms with E-state index in [1.54, 1.807) is 13.2 Å². The number of rotatable bonds is 3. The molecule has 6 heteroatoms. The molecule has 6 nitrogen and oxygen atoms in total. The molecule has 0 aliphatic heterocycles. The van der Waals surface area contributed by atoms with Gasteiger partial charge in [0.25, 0.3) is 0 Å². The Morgan fingerprint density at radius 1 is 1.64 bits per heavy atom. The van der Waals surface area contributed by atoms with Crippen LogP contribution in [0.4, 0.5) is 5.69 Å². The fraction of sp³-hybridized carbons (Fsp3) is 0.375. The number of carbonyl (C=O) groups is 2. The second kappa shape index (κ2) is 3.91. The molecule has 1 atom stereocenters. The molecular weight excluding hydrogens is 186 g/mol. The summed E-state index contributed by atoms with van der Waals surface area (Å²) in [6.07, 6.45) is 3.04. The van der Waals surface area contributed by atoms with Crippen LogP contribution in [0.15, 0.2) is 12.4 Å². The summed E-state index contributed by atoms with van der Waals surface area (Å²) in [5.74, 6) is -2.76. The summed E-state index contributed by atoms with van der Waals surface area (Å²) in [6, 6.07) is 0. The first-order valence-electron chi connectivity index (χ1n) is 4.03. The lowest BCUT2D eigenvalue weighted by atomic mass is 10.2. The van der Waals surface area contributed by atoms with Crippen molar-refractivity contribution in [2.75, 3.05) is 5.32 Å². The molecule has 0 fully saturated rings. The highest BCUT2D eigenvalue weighted by Gasteiger charge is 2.20. The quantitative estimate of drug-likeness (QED) is 0.672. The Labute approximate surface area is 80.5 Å². The van der Waals surface area contributed by atoms with Crippen LogP contribution in [-0.2, 0) is 16.6 Å². The second-order valence-corrected chi connectivity index (χ2v) is 2.95. The Morgan fingerprint density at radius 3 is 2.71 bits per heavy atom. The van der Waals surface area contributed by atoms with Crippen molar-refractivity contribution in [2.45, 2.75) is 6.92 Å². The van der Waals surface area contributed by atoms with Gasteiger partial charge in [0.1, 0.15) is 5.92 Å². The van der Waals surface area contributed by atoms with Gasteiger partial charge in [-0.2, -0.15) is 5.10 Å². The number of amides is 1. The average Bonchev–Trinajstić information content (AvgIpc) is 2.49. The fourth-order valence-corrected chi connectivity index (χ4v) is 0.848. The smallest absolute Gasteiger partial charge is 0.315 e. The summed E-state index contributed by atoms with van der Waals surface area (Å²) in [5.41, 5.74) is 0.491. The Kier molecular flexibility index (Phi) is 2.85. The molecule has 1 aromatic rings. The molecule has 0 aromatic carbocycles. The van der Waals surface area contributed by atoms with Gasteiger partial charge in [0.15, 0.2) is 0 Å². The van der Waals surface area contributed by atoms with Gasteiger partial charge in [-0.25, -0.2) is 0 Å². The molecule has 76 valence electrons. The largest absolute Gasteiger partial charge is 0.481 e. The summed E-state index contributed by atoms with van der Waals surface area (Å²) < 4.78 is 1.51. The van der Waals surface area contributed by atoms with Gasteiger partial charge in [-0.05, 0) is 6.92 Å². The molecule has 1 amide bonds. The van der Waals surface area contributed by atoms with E-state index in [4.69, 9.17) is 5.11 Å². The van der Waals surface area contributed by atoms with Crippen LogP contribution in [-0.4, -0.2) is 26.8 Å². The predicted octanol–water partition coefficient (Wildman–Crippen LogP) is 0.0793. The number of nitrogens with zero attached hydrogens (tertiary/aromatic N) is 2. The van der Waals surface area contributed by atoms with E-state index in [0.29, 0.717) is 5.69 Å². The van der Waals surface area contributed by atoms with Gasteiger partial charge in [0.05, 0.1) is 11.9 Å². The molecule has 0 aliphatic carbocycles. The minimum Gasteiger partial charge on any atom is -0.481 e. The number of anilines is 1. The first-order chi connectivity index (χ1) is 6.50. The van der Waals surface area contributed by atoms with Crippen molar-refractivity contribution < 1.29 is 14.7 Å². The summed E-state index contributed by atoms with van der Waals surface area (Å²) in [7, 11) is 1.70. The Hall–Kier alpha value is -1.85. The molecule has 0 radical (unpaired) electrons. The molecule has 2 N–H and O–H groups in total. The van der Waals surface area contributed by atoms with Crippen LogP contribution in [0.25, 0.3) is 0 Å². The van der Waals surface area contributed by atoms with E-state index < -0.39 is 17.8 Å². The van der Waals surface area contributed by atoms with E-state index in [0.717, 1.165) is 0 Å². The molecule has 0 spiro atoms. The van der Waals surface area contributed by atoms with E-state index in [1.807, 2.05) is 0 Å². The van der Waals surface area contributed by atoms with Crippen LogP contribution in [0.5, 0.6) is 0 Å². The zero-order chi connectivity index (χ0) is 10.7. The highest BCUT2D eigenvalue weighted by Crippen LogP contribution is 2.06. The van der Waals surface area contributed by atoms with Crippen molar-refractivity contribution in [3.8, 4) is 0 Å². The summed E-state index contributed by atoms with van der Waals surface area (Å²) in [4.78, 5) is 21.7. The number of hydrogen-bond acceptors (Lipinski definition) is 3. The summed E-state index contributed by atoms with van der Waals surface area (Å²) >= 11 is 0. The molecular formula is C8H11N3O3. The molecule has 1 unspecified atom stereocenters. The number of aliphatic carboxylic acids is 1. The lowest BCUT2D eigenvalue weighted by Crippen LogP contribution is -2.26. The van der Waals surface area contributed by atoms with E-state index in [1.165, 1.54) is 17.8 Å². The highest BCUT2D eigenvalue weighted by atomic mass is 16.4. The third kappa shape index (κ3) is 2.32. The number of carboxylic acid groups (broad SMARTS) is 1. The van der Waals surface area contributed by atoms with E-state index in [9.17, 15) is 9.59 Å².